The highest BCUT2D eigenvalue weighted by Crippen LogP contribution is 2.53. The summed E-state index contributed by atoms with van der Waals surface area (Å²) in [5.74, 6) is -1.65. The molecule has 0 bridgehead atoms. The van der Waals surface area contributed by atoms with Crippen molar-refractivity contribution in [3.05, 3.63) is 71.3 Å². The Labute approximate surface area is 175 Å². The van der Waals surface area contributed by atoms with E-state index in [1.807, 2.05) is 18.2 Å². The molecule has 0 saturated carbocycles. The Morgan fingerprint density at radius 1 is 0.897 bits per heavy atom. The highest BCUT2D eigenvalue weighted by molar-refractivity contribution is 6.80. The Hall–Kier alpha value is -2.40. The first-order valence-corrected chi connectivity index (χ1v) is 12.2. The van der Waals surface area contributed by atoms with Crippen LogP contribution in [0.15, 0.2) is 54.6 Å². The van der Waals surface area contributed by atoms with Gasteiger partial charge in [-0.2, -0.15) is 0 Å². The first kappa shape index (κ1) is 22.9. The van der Waals surface area contributed by atoms with Crippen LogP contribution in [-0.2, 0) is 10.8 Å². The van der Waals surface area contributed by atoms with Crippen LogP contribution in [0.2, 0.25) is 16.1 Å². The summed E-state index contributed by atoms with van der Waals surface area (Å²) in [4.78, 5) is 24.8. The zero-order valence-electron chi connectivity index (χ0n) is 18.2. The predicted molar refractivity (Wildman–Crippen MR) is 119 cm³/mol. The molecule has 5 heteroatoms. The third-order valence-electron chi connectivity index (χ3n) is 5.90. The van der Waals surface area contributed by atoms with Crippen LogP contribution in [-0.4, -0.2) is 25.4 Å². The third kappa shape index (κ3) is 4.61. The van der Waals surface area contributed by atoms with E-state index in [-0.39, 0.29) is 27.2 Å². The minimum atomic E-state index is -2.71. The smallest absolute Gasteiger partial charge is 0.336 e. The number of hydrogen-bond donors (Lipinski definition) is 1. The van der Waals surface area contributed by atoms with Gasteiger partial charge in [-0.1, -0.05) is 84.0 Å². The number of carboxylic acids is 1. The van der Waals surface area contributed by atoms with Gasteiger partial charge >= 0.3 is 11.9 Å². The van der Waals surface area contributed by atoms with E-state index in [1.165, 1.54) is 17.7 Å². The minimum Gasteiger partial charge on any atom is -0.514 e. The second kappa shape index (κ2) is 8.95. The van der Waals surface area contributed by atoms with Gasteiger partial charge in [0.1, 0.15) is 0 Å². The van der Waals surface area contributed by atoms with E-state index in [0.717, 1.165) is 6.42 Å². The summed E-state index contributed by atoms with van der Waals surface area (Å²) in [5, 5.41) is 9.24. The van der Waals surface area contributed by atoms with Crippen LogP contribution in [0, 0.1) is 0 Å². The van der Waals surface area contributed by atoms with Crippen molar-refractivity contribution in [2.24, 2.45) is 0 Å². The topological polar surface area (TPSA) is 63.6 Å². The monoisotopic (exact) mass is 412 g/mol. The second-order valence-corrected chi connectivity index (χ2v) is 14.3. The van der Waals surface area contributed by atoms with Crippen molar-refractivity contribution < 1.29 is 19.1 Å². The summed E-state index contributed by atoms with van der Waals surface area (Å²) in [6.45, 7) is 12.8. The molecule has 0 saturated heterocycles. The highest BCUT2D eigenvalue weighted by atomic mass is 28.4. The number of hydrogen-bond acceptors (Lipinski definition) is 3. The number of carboxylic acid groups (broad SMARTS) is 1. The Kier molecular flexibility index (Phi) is 7.06. The van der Waals surface area contributed by atoms with Crippen molar-refractivity contribution in [1.82, 2.24) is 0 Å². The van der Waals surface area contributed by atoms with Gasteiger partial charge in [0, 0.05) is 0 Å². The van der Waals surface area contributed by atoms with E-state index in [0.29, 0.717) is 0 Å². The number of carbonyl (C=O) groups excluding carboxylic acids is 1. The van der Waals surface area contributed by atoms with Crippen molar-refractivity contribution in [3.63, 3.8) is 0 Å². The normalized spacial score (nSPS) is 12.3. The van der Waals surface area contributed by atoms with Gasteiger partial charge in [0.2, 0.25) is 0 Å². The van der Waals surface area contributed by atoms with Gasteiger partial charge in [-0.05, 0) is 40.2 Å². The second-order valence-electron chi connectivity index (χ2n) is 8.89. The van der Waals surface area contributed by atoms with E-state index in [9.17, 15) is 14.7 Å². The summed E-state index contributed by atoms with van der Waals surface area (Å²) >= 11 is 0. The zero-order chi connectivity index (χ0) is 21.8. The Bertz CT molecular complexity index is 848. The molecule has 0 aliphatic heterocycles. The van der Waals surface area contributed by atoms with Crippen LogP contribution in [0.4, 0.5) is 0 Å². The average Bonchev–Trinajstić information content (AvgIpc) is 2.65. The van der Waals surface area contributed by atoms with E-state index >= 15 is 0 Å². The first-order valence-electron chi connectivity index (χ1n) is 10.1. The Balaban J connectivity index is 2.50. The minimum absolute atomic E-state index is 0.0197. The molecule has 0 aliphatic carbocycles. The summed E-state index contributed by atoms with van der Waals surface area (Å²) in [5.41, 5.74) is 1.64. The lowest BCUT2D eigenvalue weighted by Crippen LogP contribution is -2.55. The maximum absolute atomic E-state index is 13.2. The van der Waals surface area contributed by atoms with Gasteiger partial charge in [0.05, 0.1) is 11.1 Å². The van der Waals surface area contributed by atoms with Crippen molar-refractivity contribution >= 4 is 20.3 Å². The first-order chi connectivity index (χ1) is 13.5. The summed E-state index contributed by atoms with van der Waals surface area (Å²) in [7, 11) is -2.71. The van der Waals surface area contributed by atoms with Crippen molar-refractivity contribution in [1.29, 1.82) is 0 Å². The van der Waals surface area contributed by atoms with E-state index < -0.39 is 20.3 Å². The van der Waals surface area contributed by atoms with Gasteiger partial charge in [-0.15, -0.1) is 0 Å². The van der Waals surface area contributed by atoms with Crippen LogP contribution < -0.4 is 0 Å². The van der Waals surface area contributed by atoms with Gasteiger partial charge in [0.25, 0.3) is 8.32 Å². The van der Waals surface area contributed by atoms with E-state index in [4.69, 9.17) is 4.43 Å². The number of carbonyl (C=O) groups is 2. The molecule has 0 heterocycles. The maximum Gasteiger partial charge on any atom is 0.336 e. The highest BCUT2D eigenvalue weighted by Gasteiger charge is 2.56. The molecule has 2 rings (SSSR count). The van der Waals surface area contributed by atoms with Crippen LogP contribution in [0.1, 0.15) is 67.8 Å². The number of aromatic carboxylic acids is 1. The SMILES string of the molecule is CC(C)[Si](OC(=O)c1ccccc1C(=O)O)(C(C)C)C(C)(C)Cc1ccccc1. The summed E-state index contributed by atoms with van der Waals surface area (Å²) in [6, 6.07) is 16.5. The van der Waals surface area contributed by atoms with Crippen molar-refractivity contribution in [3.8, 4) is 0 Å². The van der Waals surface area contributed by atoms with E-state index in [2.05, 4.69) is 53.7 Å². The zero-order valence-corrected chi connectivity index (χ0v) is 19.2. The van der Waals surface area contributed by atoms with Gasteiger partial charge in [-0.25, -0.2) is 9.59 Å². The molecule has 1 N–H and O–H groups in total. The molecule has 0 spiro atoms. The molecule has 156 valence electrons. The molecule has 0 fully saturated rings. The molecular formula is C24H32O4Si. The predicted octanol–water partition coefficient (Wildman–Crippen LogP) is 6.33. The van der Waals surface area contributed by atoms with Crippen molar-refractivity contribution in [2.75, 3.05) is 0 Å². The quantitative estimate of drug-likeness (QED) is 0.515. The van der Waals surface area contributed by atoms with Crippen molar-refractivity contribution in [2.45, 2.75) is 64.1 Å². The molecule has 0 unspecified atom stereocenters. The standard InChI is InChI=1S/C24H32O4Si/c1-17(2)29(18(3)4,24(5,6)16-19-12-8-7-9-13-19)28-23(27)21-15-11-10-14-20(21)22(25)26/h7-15,17-18H,16H2,1-6H3,(H,25,26). The van der Waals surface area contributed by atoms with Crippen LogP contribution in [0.3, 0.4) is 0 Å². The summed E-state index contributed by atoms with van der Waals surface area (Å²) in [6.07, 6.45) is 0.796. The number of benzene rings is 2. The fourth-order valence-corrected chi connectivity index (χ4v) is 11.0. The molecule has 0 aromatic heterocycles. The average molecular weight is 413 g/mol. The maximum atomic E-state index is 13.2. The van der Waals surface area contributed by atoms with Gasteiger partial charge in [0.15, 0.2) is 0 Å². The largest absolute Gasteiger partial charge is 0.514 e. The van der Waals surface area contributed by atoms with Gasteiger partial charge in [-0.3, -0.25) is 0 Å². The van der Waals surface area contributed by atoms with E-state index in [1.54, 1.807) is 12.1 Å². The summed E-state index contributed by atoms with van der Waals surface area (Å²) < 4.78 is 6.41. The molecule has 0 amide bonds. The van der Waals surface area contributed by atoms with Gasteiger partial charge < -0.3 is 9.53 Å². The van der Waals surface area contributed by atoms with Crippen LogP contribution >= 0.6 is 0 Å². The molecule has 29 heavy (non-hydrogen) atoms. The molecule has 0 radical (unpaired) electrons. The molecule has 2 aromatic rings. The fraction of sp³-hybridized carbons (Fsp3) is 0.417. The van der Waals surface area contributed by atoms with Crippen LogP contribution in [0.5, 0.6) is 0 Å². The molecule has 2 aromatic carbocycles. The molecular weight excluding hydrogens is 380 g/mol. The molecule has 4 nitrogen and oxygen atoms in total. The molecule has 0 aliphatic rings. The Morgan fingerprint density at radius 3 is 1.86 bits per heavy atom. The lowest BCUT2D eigenvalue weighted by Gasteiger charge is -2.49. The molecule has 0 atom stereocenters. The third-order valence-corrected chi connectivity index (χ3v) is 12.1. The lowest BCUT2D eigenvalue weighted by molar-refractivity contribution is 0.0652. The Morgan fingerprint density at radius 2 is 1.38 bits per heavy atom. The van der Waals surface area contributed by atoms with Crippen LogP contribution in [0.25, 0.3) is 0 Å². The fourth-order valence-electron chi connectivity index (χ4n) is 4.90. The number of rotatable bonds is 8. The lowest BCUT2D eigenvalue weighted by atomic mass is 10.0.